The molecule has 0 atom stereocenters. The normalized spacial score (nSPS) is 11.2. The van der Waals surface area contributed by atoms with Crippen LogP contribution in [0.4, 0.5) is 0 Å². The number of hydrogen-bond donors (Lipinski definition) is 0. The smallest absolute Gasteiger partial charge is 0.118 e. The van der Waals surface area contributed by atoms with Gasteiger partial charge in [-0.2, -0.15) is 0 Å². The van der Waals surface area contributed by atoms with Gasteiger partial charge in [-0.1, -0.05) is 0 Å². The fourth-order valence-electron chi connectivity index (χ4n) is 2.65. The molecule has 0 unspecified atom stereocenters. The highest BCUT2D eigenvalue weighted by Gasteiger charge is 2.09. The monoisotopic (exact) mass is 310 g/mol. The zero-order valence-corrected chi connectivity index (χ0v) is 13.4. The third kappa shape index (κ3) is 4.79. The molecule has 0 aliphatic carbocycles. The summed E-state index contributed by atoms with van der Waals surface area (Å²) in [5.41, 5.74) is 1.27. The maximum Gasteiger partial charge on any atom is 0.118 e. The van der Waals surface area contributed by atoms with Crippen LogP contribution < -0.4 is 0 Å². The Bertz CT molecular complexity index is 691. The Morgan fingerprint density at radius 3 is 2.61 bits per heavy atom. The van der Waals surface area contributed by atoms with Crippen molar-refractivity contribution in [1.82, 2.24) is 19.4 Å². The van der Waals surface area contributed by atoms with E-state index in [0.717, 1.165) is 44.1 Å². The lowest BCUT2D eigenvalue weighted by molar-refractivity contribution is 0.227. The number of furan rings is 1. The Labute approximate surface area is 136 Å². The highest BCUT2D eigenvalue weighted by atomic mass is 16.3. The number of aromatic nitrogens is 3. The van der Waals surface area contributed by atoms with Gasteiger partial charge >= 0.3 is 0 Å². The summed E-state index contributed by atoms with van der Waals surface area (Å²) in [5, 5.41) is 0. The lowest BCUT2D eigenvalue weighted by Crippen LogP contribution is -2.24. The zero-order valence-electron chi connectivity index (χ0n) is 13.4. The highest BCUT2D eigenvalue weighted by molar-refractivity contribution is 5.10. The van der Waals surface area contributed by atoms with E-state index in [1.807, 2.05) is 44.1 Å². The van der Waals surface area contributed by atoms with E-state index in [1.54, 1.807) is 0 Å². The van der Waals surface area contributed by atoms with Crippen LogP contribution in [0.3, 0.4) is 0 Å². The lowest BCUT2D eigenvalue weighted by Gasteiger charge is -2.21. The second-order valence-corrected chi connectivity index (χ2v) is 5.73. The zero-order chi connectivity index (χ0) is 15.9. The summed E-state index contributed by atoms with van der Waals surface area (Å²) < 4.78 is 7.85. The number of nitrogens with zero attached hydrogens (tertiary/aromatic N) is 4. The molecule has 23 heavy (non-hydrogen) atoms. The molecule has 3 aromatic heterocycles. The first-order valence-corrected chi connectivity index (χ1v) is 7.92. The van der Waals surface area contributed by atoms with Gasteiger partial charge in [-0.3, -0.25) is 9.88 Å². The Kier molecular flexibility index (Phi) is 5.21. The van der Waals surface area contributed by atoms with Gasteiger partial charge in [0.05, 0.1) is 12.9 Å². The van der Waals surface area contributed by atoms with Gasteiger partial charge in [0.1, 0.15) is 11.5 Å². The number of hydrogen-bond acceptors (Lipinski definition) is 4. The molecule has 0 bridgehead atoms. The minimum atomic E-state index is 0.820. The second kappa shape index (κ2) is 7.74. The molecule has 5 nitrogen and oxygen atoms in total. The van der Waals surface area contributed by atoms with E-state index in [1.165, 1.54) is 5.56 Å². The number of rotatable bonds is 8. The van der Waals surface area contributed by atoms with Crippen molar-refractivity contribution in [3.63, 3.8) is 0 Å². The van der Waals surface area contributed by atoms with Gasteiger partial charge < -0.3 is 8.98 Å². The minimum Gasteiger partial charge on any atom is -0.465 e. The van der Waals surface area contributed by atoms with E-state index in [-0.39, 0.29) is 0 Å². The molecular weight excluding hydrogens is 288 g/mol. The van der Waals surface area contributed by atoms with Gasteiger partial charge in [0, 0.05) is 44.4 Å². The molecule has 0 saturated heterocycles. The largest absolute Gasteiger partial charge is 0.465 e. The third-order valence-electron chi connectivity index (χ3n) is 3.78. The van der Waals surface area contributed by atoms with Gasteiger partial charge in [0.25, 0.3) is 0 Å². The van der Waals surface area contributed by atoms with Gasteiger partial charge in [0.15, 0.2) is 0 Å². The van der Waals surface area contributed by atoms with Crippen molar-refractivity contribution in [3.05, 3.63) is 72.5 Å². The fourth-order valence-corrected chi connectivity index (χ4v) is 2.65. The van der Waals surface area contributed by atoms with E-state index in [9.17, 15) is 0 Å². The molecule has 0 aliphatic rings. The molecule has 0 amide bonds. The first kappa shape index (κ1) is 15.5. The van der Waals surface area contributed by atoms with Crippen LogP contribution in [-0.4, -0.2) is 26.0 Å². The van der Waals surface area contributed by atoms with E-state index < -0.39 is 0 Å². The fraction of sp³-hybridized carbons (Fsp3) is 0.333. The van der Waals surface area contributed by atoms with Crippen LogP contribution in [0.2, 0.25) is 0 Å². The van der Waals surface area contributed by atoms with E-state index in [4.69, 9.17) is 4.42 Å². The molecule has 0 aromatic carbocycles. The Morgan fingerprint density at radius 1 is 1.04 bits per heavy atom. The first-order valence-electron chi connectivity index (χ1n) is 7.92. The maximum absolute atomic E-state index is 5.73. The van der Waals surface area contributed by atoms with Gasteiger partial charge in [0.2, 0.25) is 0 Å². The second-order valence-electron chi connectivity index (χ2n) is 5.73. The molecule has 0 fully saturated rings. The molecular formula is C18H22N4O. The molecule has 0 aliphatic heterocycles. The molecule has 0 radical (unpaired) electrons. The minimum absolute atomic E-state index is 0.820. The van der Waals surface area contributed by atoms with E-state index in [2.05, 4.69) is 37.6 Å². The van der Waals surface area contributed by atoms with Gasteiger partial charge in [-0.05, 0) is 43.2 Å². The molecule has 120 valence electrons. The van der Waals surface area contributed by atoms with Crippen molar-refractivity contribution >= 4 is 0 Å². The number of aryl methyl sites for hydroxylation is 2. The topological polar surface area (TPSA) is 47.1 Å². The number of pyridine rings is 1. The van der Waals surface area contributed by atoms with Crippen molar-refractivity contribution < 1.29 is 4.42 Å². The molecule has 3 heterocycles. The van der Waals surface area contributed by atoms with Crippen LogP contribution in [0.1, 0.15) is 23.5 Å². The average molecular weight is 310 g/mol. The van der Waals surface area contributed by atoms with Crippen molar-refractivity contribution in [2.45, 2.75) is 33.0 Å². The Balaban J connectivity index is 1.60. The molecule has 0 N–H and O–H groups in total. The summed E-state index contributed by atoms with van der Waals surface area (Å²) in [6, 6.07) is 8.21. The molecule has 0 saturated carbocycles. The van der Waals surface area contributed by atoms with Crippen molar-refractivity contribution in [2.75, 3.05) is 6.54 Å². The van der Waals surface area contributed by atoms with Gasteiger partial charge in [-0.15, -0.1) is 0 Å². The van der Waals surface area contributed by atoms with Crippen molar-refractivity contribution in [3.8, 4) is 0 Å². The van der Waals surface area contributed by atoms with Crippen molar-refractivity contribution in [1.29, 1.82) is 0 Å². The van der Waals surface area contributed by atoms with Crippen LogP contribution in [0.15, 0.2) is 59.8 Å². The van der Waals surface area contributed by atoms with E-state index >= 15 is 0 Å². The Morgan fingerprint density at radius 2 is 1.91 bits per heavy atom. The third-order valence-corrected chi connectivity index (χ3v) is 3.78. The summed E-state index contributed by atoms with van der Waals surface area (Å²) >= 11 is 0. The predicted octanol–water partition coefficient (Wildman–Crippen LogP) is 3.27. The summed E-state index contributed by atoms with van der Waals surface area (Å²) in [4.78, 5) is 10.6. The van der Waals surface area contributed by atoms with Crippen molar-refractivity contribution in [2.24, 2.45) is 0 Å². The maximum atomic E-state index is 5.73. The van der Waals surface area contributed by atoms with Crippen LogP contribution in [0, 0.1) is 6.92 Å². The quantitative estimate of drug-likeness (QED) is 0.640. The van der Waals surface area contributed by atoms with Crippen LogP contribution >= 0.6 is 0 Å². The summed E-state index contributed by atoms with van der Waals surface area (Å²) in [7, 11) is 0. The van der Waals surface area contributed by atoms with Crippen LogP contribution in [0.25, 0.3) is 0 Å². The summed E-state index contributed by atoms with van der Waals surface area (Å²) in [6.45, 7) is 5.67. The van der Waals surface area contributed by atoms with Crippen LogP contribution in [0.5, 0.6) is 0 Å². The standard InChI is InChI=1S/C18H22N4O/c1-16-3-4-18(23-16)14-22(13-17-5-7-19-8-6-17)11-2-10-21-12-9-20-15-21/h3-9,12,15H,2,10-11,13-14H2,1H3. The highest BCUT2D eigenvalue weighted by Crippen LogP contribution is 2.13. The molecule has 3 rings (SSSR count). The SMILES string of the molecule is Cc1ccc(CN(CCCn2ccnc2)Cc2ccncc2)o1. The lowest BCUT2D eigenvalue weighted by atomic mass is 10.2. The molecule has 5 heteroatoms. The average Bonchev–Trinajstić information content (AvgIpc) is 3.20. The van der Waals surface area contributed by atoms with Gasteiger partial charge in [-0.25, -0.2) is 4.98 Å². The van der Waals surface area contributed by atoms with Crippen LogP contribution in [-0.2, 0) is 19.6 Å². The number of imidazole rings is 1. The first-order chi connectivity index (χ1) is 11.3. The molecule has 0 spiro atoms. The molecule has 3 aromatic rings. The van der Waals surface area contributed by atoms with E-state index in [0.29, 0.717) is 0 Å². The summed E-state index contributed by atoms with van der Waals surface area (Å²) in [5.74, 6) is 1.97. The predicted molar refractivity (Wildman–Crippen MR) is 88.6 cm³/mol. The Hall–Kier alpha value is -2.40. The summed E-state index contributed by atoms with van der Waals surface area (Å²) in [6.07, 6.45) is 10.4.